The number of aromatic nitrogens is 2. The van der Waals surface area contributed by atoms with Gasteiger partial charge in [-0.2, -0.15) is 5.10 Å². The summed E-state index contributed by atoms with van der Waals surface area (Å²) >= 11 is 0. The first-order valence-corrected chi connectivity index (χ1v) is 8.19. The van der Waals surface area contributed by atoms with E-state index in [0.29, 0.717) is 12.5 Å². The summed E-state index contributed by atoms with van der Waals surface area (Å²) < 4.78 is 7.05. The van der Waals surface area contributed by atoms with Crippen LogP contribution >= 0.6 is 0 Å². The molecule has 24 heavy (non-hydrogen) atoms. The van der Waals surface area contributed by atoms with E-state index in [4.69, 9.17) is 4.74 Å². The van der Waals surface area contributed by atoms with Gasteiger partial charge in [0.15, 0.2) is 5.96 Å². The molecule has 0 bridgehead atoms. The zero-order valence-corrected chi connectivity index (χ0v) is 14.9. The lowest BCUT2D eigenvalue weighted by Gasteiger charge is -2.15. The monoisotopic (exact) mass is 329 g/mol. The summed E-state index contributed by atoms with van der Waals surface area (Å²) in [6.45, 7) is 3.79. The van der Waals surface area contributed by atoms with E-state index >= 15 is 0 Å². The molecule has 2 aromatic rings. The highest BCUT2D eigenvalue weighted by Crippen LogP contribution is 2.21. The molecule has 0 aliphatic rings. The molecule has 6 heteroatoms. The molecule has 1 heterocycles. The van der Waals surface area contributed by atoms with E-state index in [1.54, 1.807) is 20.4 Å². The van der Waals surface area contributed by atoms with Crippen molar-refractivity contribution in [2.24, 2.45) is 12.0 Å². The van der Waals surface area contributed by atoms with Gasteiger partial charge in [-0.3, -0.25) is 9.67 Å². The minimum absolute atomic E-state index is 0.471. The third kappa shape index (κ3) is 5.01. The Morgan fingerprint density at radius 2 is 2.00 bits per heavy atom. The Morgan fingerprint density at radius 3 is 2.58 bits per heavy atom. The van der Waals surface area contributed by atoms with E-state index in [0.717, 1.165) is 30.4 Å². The van der Waals surface area contributed by atoms with E-state index in [9.17, 15) is 0 Å². The van der Waals surface area contributed by atoms with Crippen molar-refractivity contribution in [1.29, 1.82) is 0 Å². The highest BCUT2D eigenvalue weighted by atomic mass is 16.5. The molecule has 2 rings (SSSR count). The predicted molar refractivity (Wildman–Crippen MR) is 97.4 cm³/mol. The van der Waals surface area contributed by atoms with Crippen LogP contribution in [0.5, 0.6) is 5.75 Å². The number of methoxy groups -OCH3 is 1. The first kappa shape index (κ1) is 17.8. The van der Waals surface area contributed by atoms with Crippen molar-refractivity contribution in [3.8, 4) is 5.75 Å². The largest absolute Gasteiger partial charge is 0.497 e. The zero-order chi connectivity index (χ0) is 17.4. The number of hydrogen-bond donors (Lipinski definition) is 2. The van der Waals surface area contributed by atoms with E-state index in [1.165, 1.54) is 5.56 Å². The average Bonchev–Trinajstić information content (AvgIpc) is 3.02. The second-order valence-corrected chi connectivity index (χ2v) is 5.76. The van der Waals surface area contributed by atoms with Gasteiger partial charge < -0.3 is 15.4 Å². The lowest BCUT2D eigenvalue weighted by molar-refractivity contribution is 0.414. The molecule has 0 saturated heterocycles. The molecule has 0 amide bonds. The minimum atomic E-state index is 0.471. The highest BCUT2D eigenvalue weighted by Gasteiger charge is 2.07. The molecule has 1 aromatic carbocycles. The van der Waals surface area contributed by atoms with Crippen molar-refractivity contribution >= 4 is 5.96 Å². The Morgan fingerprint density at radius 1 is 1.25 bits per heavy atom. The third-order valence-corrected chi connectivity index (χ3v) is 4.14. The fraction of sp³-hybridized carbons (Fsp3) is 0.444. The molecule has 1 aromatic heterocycles. The maximum Gasteiger partial charge on any atom is 0.191 e. The third-order valence-electron chi connectivity index (χ3n) is 4.14. The summed E-state index contributed by atoms with van der Waals surface area (Å²) in [5, 5.41) is 10.8. The molecule has 130 valence electrons. The van der Waals surface area contributed by atoms with Gasteiger partial charge in [0.1, 0.15) is 5.75 Å². The van der Waals surface area contributed by atoms with Crippen LogP contribution < -0.4 is 15.4 Å². The van der Waals surface area contributed by atoms with E-state index in [1.807, 2.05) is 29.9 Å². The van der Waals surface area contributed by atoms with Gasteiger partial charge in [-0.1, -0.05) is 19.1 Å². The smallest absolute Gasteiger partial charge is 0.191 e. The lowest BCUT2D eigenvalue weighted by atomic mass is 9.98. The number of benzene rings is 1. The van der Waals surface area contributed by atoms with Gasteiger partial charge in [0.05, 0.1) is 19.3 Å². The van der Waals surface area contributed by atoms with Gasteiger partial charge in [0.2, 0.25) is 0 Å². The summed E-state index contributed by atoms with van der Waals surface area (Å²) in [4.78, 5) is 4.26. The maximum absolute atomic E-state index is 5.20. The molecule has 2 N–H and O–H groups in total. The van der Waals surface area contributed by atoms with Crippen molar-refractivity contribution in [3.05, 3.63) is 47.8 Å². The van der Waals surface area contributed by atoms with Gasteiger partial charge in [0, 0.05) is 26.8 Å². The van der Waals surface area contributed by atoms with Crippen LogP contribution in [0.25, 0.3) is 0 Å². The van der Waals surface area contributed by atoms with Gasteiger partial charge in [-0.25, -0.2) is 0 Å². The molecule has 6 nitrogen and oxygen atoms in total. The lowest BCUT2D eigenvalue weighted by Crippen LogP contribution is -2.38. The van der Waals surface area contributed by atoms with Crippen LogP contribution in [0.4, 0.5) is 0 Å². The van der Waals surface area contributed by atoms with Gasteiger partial charge >= 0.3 is 0 Å². The Bertz CT molecular complexity index is 648. The van der Waals surface area contributed by atoms with Crippen molar-refractivity contribution in [2.45, 2.75) is 25.8 Å². The van der Waals surface area contributed by atoms with E-state index < -0.39 is 0 Å². The van der Waals surface area contributed by atoms with Crippen LogP contribution in [-0.4, -0.2) is 36.4 Å². The first-order chi connectivity index (χ1) is 11.6. The summed E-state index contributed by atoms with van der Waals surface area (Å²) in [6.07, 6.45) is 2.82. The Kier molecular flexibility index (Phi) is 6.66. The number of guanidine groups is 1. The minimum Gasteiger partial charge on any atom is -0.497 e. The predicted octanol–water partition coefficient (Wildman–Crippen LogP) is 2.29. The second-order valence-electron chi connectivity index (χ2n) is 5.76. The fourth-order valence-corrected chi connectivity index (χ4v) is 2.48. The van der Waals surface area contributed by atoms with Gasteiger partial charge in [-0.05, 0) is 36.1 Å². The molecule has 0 aliphatic heterocycles. The first-order valence-electron chi connectivity index (χ1n) is 8.19. The molecule has 0 aliphatic carbocycles. The number of ether oxygens (including phenoxy) is 1. The number of hydrogen-bond acceptors (Lipinski definition) is 3. The number of rotatable bonds is 7. The maximum atomic E-state index is 5.20. The number of nitrogens with one attached hydrogen (secondary N) is 2. The number of aliphatic imine (C=N–C) groups is 1. The molecule has 0 spiro atoms. The Labute approximate surface area is 143 Å². The molecule has 1 atom stereocenters. The van der Waals surface area contributed by atoms with Gasteiger partial charge in [0.25, 0.3) is 0 Å². The summed E-state index contributed by atoms with van der Waals surface area (Å²) in [5.74, 6) is 2.17. The van der Waals surface area contributed by atoms with Crippen LogP contribution in [0.3, 0.4) is 0 Å². The molecular weight excluding hydrogens is 302 g/mol. The Hall–Kier alpha value is -2.50. The summed E-state index contributed by atoms with van der Waals surface area (Å²) in [6, 6.07) is 10.3. The van der Waals surface area contributed by atoms with Crippen LogP contribution in [0.15, 0.2) is 41.5 Å². The van der Waals surface area contributed by atoms with E-state index in [-0.39, 0.29) is 0 Å². The average molecular weight is 329 g/mol. The highest BCUT2D eigenvalue weighted by molar-refractivity contribution is 5.79. The van der Waals surface area contributed by atoms with E-state index in [2.05, 4.69) is 39.8 Å². The number of nitrogens with zero attached hydrogens (tertiary/aromatic N) is 3. The normalized spacial score (nSPS) is 12.8. The van der Waals surface area contributed by atoms with Crippen LogP contribution in [0.2, 0.25) is 0 Å². The molecule has 0 radical (unpaired) electrons. The van der Waals surface area contributed by atoms with Crippen LogP contribution in [0, 0.1) is 0 Å². The second kappa shape index (κ2) is 8.96. The fourth-order valence-electron chi connectivity index (χ4n) is 2.48. The van der Waals surface area contributed by atoms with Gasteiger partial charge in [-0.15, -0.1) is 0 Å². The van der Waals surface area contributed by atoms with Crippen LogP contribution in [0.1, 0.15) is 30.5 Å². The van der Waals surface area contributed by atoms with Crippen molar-refractivity contribution < 1.29 is 4.74 Å². The summed E-state index contributed by atoms with van der Waals surface area (Å²) in [7, 11) is 5.40. The van der Waals surface area contributed by atoms with Crippen molar-refractivity contribution in [2.75, 3.05) is 20.7 Å². The van der Waals surface area contributed by atoms with Crippen LogP contribution in [-0.2, 0) is 13.6 Å². The van der Waals surface area contributed by atoms with Crippen molar-refractivity contribution in [3.63, 3.8) is 0 Å². The Balaban J connectivity index is 1.75. The standard InChI is InChI=1S/C18H27N5O/c1-14(15-5-7-17(24-4)8-6-15)9-11-20-18(19-2)21-13-16-10-12-22-23(16)3/h5-8,10,12,14H,9,11,13H2,1-4H3,(H2,19,20,21). The molecule has 1 unspecified atom stereocenters. The molecule has 0 saturated carbocycles. The zero-order valence-electron chi connectivity index (χ0n) is 14.9. The molecule has 0 fully saturated rings. The van der Waals surface area contributed by atoms with Crippen molar-refractivity contribution in [1.82, 2.24) is 20.4 Å². The topological polar surface area (TPSA) is 63.5 Å². The summed E-state index contributed by atoms with van der Waals surface area (Å²) in [5.41, 5.74) is 2.43. The quantitative estimate of drug-likeness (QED) is 0.604. The SMILES string of the molecule is CN=C(NCCC(C)c1ccc(OC)cc1)NCc1ccnn1C. The molecular formula is C18H27N5O. The number of aryl methyl sites for hydroxylation is 1.